The summed E-state index contributed by atoms with van der Waals surface area (Å²) in [7, 11) is 0. The molecule has 0 nitrogen and oxygen atoms in total. The molecule has 0 aliphatic heterocycles. The zero-order valence-electron chi connectivity index (χ0n) is 11.4. The molecule has 2 rings (SSSR count). The summed E-state index contributed by atoms with van der Waals surface area (Å²) in [5.41, 5.74) is 6.79. The lowest BCUT2D eigenvalue weighted by atomic mass is 9.73. The minimum atomic E-state index is -0.0295. The summed E-state index contributed by atoms with van der Waals surface area (Å²) in [5.74, 6) is 0. The van der Waals surface area contributed by atoms with Gasteiger partial charge in [-0.05, 0) is 57.8 Å². The van der Waals surface area contributed by atoms with E-state index in [1.54, 1.807) is 0 Å². The average Bonchev–Trinajstić information content (AvgIpc) is 2.75. The van der Waals surface area contributed by atoms with Crippen LogP contribution in [0.3, 0.4) is 0 Å². The molecule has 0 radical (unpaired) electrons. The molecule has 0 aromatic rings. The van der Waals surface area contributed by atoms with Crippen LogP contribution in [0, 0.1) is 5.41 Å². The highest BCUT2D eigenvalue weighted by Crippen LogP contribution is 2.52. The first-order chi connectivity index (χ1) is 7.40. The van der Waals surface area contributed by atoms with E-state index in [-0.39, 0.29) is 5.41 Å². The SMILES string of the molecule is [2H]C1=C(C2(C)C(C)=C(C)C(C)=C2C)C=CC1. The highest BCUT2D eigenvalue weighted by molar-refractivity contribution is 5.58. The third kappa shape index (κ3) is 1.20. The van der Waals surface area contributed by atoms with E-state index in [0.717, 1.165) is 12.5 Å². The van der Waals surface area contributed by atoms with Gasteiger partial charge in [0.2, 0.25) is 0 Å². The standard InChI is InChI=1S/C15H20/c1-10-11(2)13(4)15(5,12(10)3)14-8-6-7-9-14/h6,8-9H,7H2,1-5H3/i9D. The van der Waals surface area contributed by atoms with Crippen LogP contribution >= 0.6 is 0 Å². The van der Waals surface area contributed by atoms with Crippen molar-refractivity contribution in [2.45, 2.75) is 41.0 Å². The van der Waals surface area contributed by atoms with Crippen molar-refractivity contribution in [1.29, 1.82) is 0 Å². The van der Waals surface area contributed by atoms with Crippen LogP contribution in [0.5, 0.6) is 0 Å². The molecule has 15 heavy (non-hydrogen) atoms. The first-order valence-electron chi connectivity index (χ1n) is 6.13. The monoisotopic (exact) mass is 201 g/mol. The van der Waals surface area contributed by atoms with Gasteiger partial charge < -0.3 is 0 Å². The maximum Gasteiger partial charge on any atom is 0.0582 e. The summed E-state index contributed by atoms with van der Waals surface area (Å²) in [6.45, 7) is 11.1. The van der Waals surface area contributed by atoms with Crippen LogP contribution in [0.15, 0.2) is 46.1 Å². The third-order valence-electron chi connectivity index (χ3n) is 4.42. The minimum Gasteiger partial charge on any atom is -0.0804 e. The fourth-order valence-corrected chi connectivity index (χ4v) is 2.75. The highest BCUT2D eigenvalue weighted by atomic mass is 14.4. The van der Waals surface area contributed by atoms with E-state index in [1.807, 2.05) is 0 Å². The van der Waals surface area contributed by atoms with Gasteiger partial charge in [0.1, 0.15) is 0 Å². The molecular formula is C15H20. The van der Waals surface area contributed by atoms with Gasteiger partial charge in [-0.15, -0.1) is 0 Å². The van der Waals surface area contributed by atoms with Crippen LogP contribution in [0.25, 0.3) is 0 Å². The molecule has 80 valence electrons. The summed E-state index contributed by atoms with van der Waals surface area (Å²) in [4.78, 5) is 0. The zero-order valence-corrected chi connectivity index (χ0v) is 10.4. The number of rotatable bonds is 1. The molecule has 0 amide bonds. The second-order valence-corrected chi connectivity index (χ2v) is 4.82. The lowest BCUT2D eigenvalue weighted by Gasteiger charge is -2.30. The molecule has 0 saturated carbocycles. The van der Waals surface area contributed by atoms with E-state index in [9.17, 15) is 0 Å². The van der Waals surface area contributed by atoms with Crippen molar-refractivity contribution in [1.82, 2.24) is 0 Å². The first kappa shape index (κ1) is 9.21. The number of hydrogen-bond donors (Lipinski definition) is 0. The van der Waals surface area contributed by atoms with Gasteiger partial charge in [0, 0.05) is 5.41 Å². The van der Waals surface area contributed by atoms with Crippen molar-refractivity contribution >= 4 is 0 Å². The van der Waals surface area contributed by atoms with E-state index in [1.165, 1.54) is 27.9 Å². The molecule has 0 spiro atoms. The molecule has 0 fully saturated rings. The van der Waals surface area contributed by atoms with Crippen molar-refractivity contribution < 1.29 is 1.37 Å². The van der Waals surface area contributed by atoms with Gasteiger partial charge >= 0.3 is 0 Å². The Labute approximate surface area is 94.5 Å². The molecule has 0 saturated heterocycles. The van der Waals surface area contributed by atoms with Crippen molar-refractivity contribution in [2.24, 2.45) is 5.41 Å². The normalized spacial score (nSPS) is 25.8. The number of allylic oxidation sites excluding steroid dienone is 8. The fourth-order valence-electron chi connectivity index (χ4n) is 2.75. The molecule has 0 unspecified atom stereocenters. The highest BCUT2D eigenvalue weighted by Gasteiger charge is 2.38. The van der Waals surface area contributed by atoms with Crippen LogP contribution in [-0.4, -0.2) is 0 Å². The Morgan fingerprint density at radius 3 is 2.07 bits per heavy atom. The van der Waals surface area contributed by atoms with Crippen molar-refractivity contribution in [3.8, 4) is 0 Å². The molecule has 0 heteroatoms. The Morgan fingerprint density at radius 2 is 1.67 bits per heavy atom. The van der Waals surface area contributed by atoms with Crippen molar-refractivity contribution in [3.63, 3.8) is 0 Å². The molecule has 2 aliphatic carbocycles. The van der Waals surface area contributed by atoms with Gasteiger partial charge in [-0.25, -0.2) is 0 Å². The van der Waals surface area contributed by atoms with Gasteiger partial charge in [0.25, 0.3) is 0 Å². The summed E-state index contributed by atoms with van der Waals surface area (Å²) < 4.78 is 8.06. The Hall–Kier alpha value is -1.04. The van der Waals surface area contributed by atoms with E-state index in [2.05, 4.69) is 46.8 Å². The van der Waals surface area contributed by atoms with Crippen LogP contribution in [0.1, 0.15) is 42.4 Å². The molecule has 0 N–H and O–H groups in total. The predicted molar refractivity (Wildman–Crippen MR) is 66.7 cm³/mol. The molecule has 2 aliphatic rings. The second kappa shape index (κ2) is 3.23. The summed E-state index contributed by atoms with van der Waals surface area (Å²) in [5, 5.41) is 0. The summed E-state index contributed by atoms with van der Waals surface area (Å²) in [6.07, 6.45) is 5.04. The Bertz CT molecular complexity index is 446. The Kier molecular flexibility index (Phi) is 1.98. The molecule has 0 aromatic heterocycles. The van der Waals surface area contributed by atoms with Crippen LogP contribution in [0.2, 0.25) is 0 Å². The molecular weight excluding hydrogens is 180 g/mol. The van der Waals surface area contributed by atoms with Gasteiger partial charge in [-0.2, -0.15) is 0 Å². The maximum absolute atomic E-state index is 8.06. The van der Waals surface area contributed by atoms with E-state index >= 15 is 0 Å². The zero-order chi connectivity index (χ0) is 12.1. The topological polar surface area (TPSA) is 0 Å². The minimum absolute atomic E-state index is 0.0295. The Balaban J connectivity index is 2.65. The van der Waals surface area contributed by atoms with Gasteiger partial charge in [-0.3, -0.25) is 0 Å². The van der Waals surface area contributed by atoms with Crippen molar-refractivity contribution in [2.75, 3.05) is 0 Å². The summed E-state index contributed by atoms with van der Waals surface area (Å²) >= 11 is 0. The molecule has 0 aromatic carbocycles. The molecule has 0 atom stereocenters. The second-order valence-electron chi connectivity index (χ2n) is 4.82. The maximum atomic E-state index is 8.06. The fraction of sp³-hybridized carbons (Fsp3) is 0.467. The summed E-state index contributed by atoms with van der Waals surface area (Å²) in [6, 6.07) is 0.781. The quantitative estimate of drug-likeness (QED) is 0.583. The van der Waals surface area contributed by atoms with E-state index < -0.39 is 0 Å². The van der Waals surface area contributed by atoms with Crippen LogP contribution < -0.4 is 0 Å². The van der Waals surface area contributed by atoms with Crippen molar-refractivity contribution in [3.05, 3.63) is 46.1 Å². The first-order valence-corrected chi connectivity index (χ1v) is 5.63. The Morgan fingerprint density at radius 1 is 1.13 bits per heavy atom. The molecule has 0 heterocycles. The van der Waals surface area contributed by atoms with E-state index in [0.29, 0.717) is 0 Å². The van der Waals surface area contributed by atoms with Gasteiger partial charge in [0.05, 0.1) is 1.37 Å². The number of hydrogen-bond acceptors (Lipinski definition) is 0. The predicted octanol–water partition coefficient (Wildman–Crippen LogP) is 4.57. The van der Waals surface area contributed by atoms with E-state index in [4.69, 9.17) is 1.37 Å². The third-order valence-corrected chi connectivity index (χ3v) is 4.42. The lowest BCUT2D eigenvalue weighted by molar-refractivity contribution is 0.596. The van der Waals surface area contributed by atoms with Crippen LogP contribution in [-0.2, 0) is 0 Å². The van der Waals surface area contributed by atoms with Gasteiger partial charge in [0.15, 0.2) is 0 Å². The van der Waals surface area contributed by atoms with Gasteiger partial charge in [-0.1, -0.05) is 29.4 Å². The lowest BCUT2D eigenvalue weighted by Crippen LogP contribution is -2.19. The largest absolute Gasteiger partial charge is 0.0804 e. The molecule has 0 bridgehead atoms. The smallest absolute Gasteiger partial charge is 0.0582 e. The average molecular weight is 201 g/mol. The van der Waals surface area contributed by atoms with Crippen LogP contribution in [0.4, 0.5) is 0 Å².